The first-order valence-electron chi connectivity index (χ1n) is 10.1. The Morgan fingerprint density at radius 1 is 1.23 bits per heavy atom. The van der Waals surface area contributed by atoms with E-state index in [1.165, 1.54) is 4.40 Å². The summed E-state index contributed by atoms with van der Waals surface area (Å²) in [6.07, 6.45) is 3.46. The molecule has 1 aliphatic heterocycles. The van der Waals surface area contributed by atoms with Crippen LogP contribution in [0.1, 0.15) is 37.6 Å². The van der Waals surface area contributed by atoms with E-state index < -0.39 is 0 Å². The maximum atomic E-state index is 13.2. The molecule has 2 N–H and O–H groups in total. The maximum absolute atomic E-state index is 13.2. The summed E-state index contributed by atoms with van der Waals surface area (Å²) in [6, 6.07) is 5.53. The number of H-pyrrole nitrogens is 1. The van der Waals surface area contributed by atoms with Crippen molar-refractivity contribution in [3.05, 3.63) is 44.7 Å². The number of rotatable bonds is 6. The number of anilines is 1. The number of halogens is 1. The highest BCUT2D eigenvalue weighted by Crippen LogP contribution is 2.29. The molecule has 1 aromatic carbocycles. The molecule has 3 aromatic heterocycles. The van der Waals surface area contributed by atoms with Crippen molar-refractivity contribution in [3.8, 4) is 5.75 Å². The highest BCUT2D eigenvalue weighted by molar-refractivity contribution is 9.10. The number of carbonyl (C=O) groups is 1. The average Bonchev–Trinajstić information content (AvgIpc) is 3.34. The van der Waals surface area contributed by atoms with Crippen LogP contribution >= 0.6 is 15.9 Å². The summed E-state index contributed by atoms with van der Waals surface area (Å²) in [4.78, 5) is 32.3. The van der Waals surface area contributed by atoms with Crippen molar-refractivity contribution in [2.45, 2.75) is 39.2 Å². The second-order valence-electron chi connectivity index (χ2n) is 7.49. The van der Waals surface area contributed by atoms with E-state index in [1.54, 1.807) is 6.07 Å². The Morgan fingerprint density at radius 3 is 2.94 bits per heavy atom. The molecule has 1 aliphatic rings. The number of nitrogens with zero attached hydrogens (tertiary/aromatic N) is 5. The van der Waals surface area contributed by atoms with Crippen molar-refractivity contribution in [2.24, 2.45) is 0 Å². The Labute approximate surface area is 184 Å². The number of aromatic amines is 1. The number of hydrogen-bond donors (Lipinski definition) is 2. The lowest BCUT2D eigenvalue weighted by molar-refractivity contribution is -0.118. The van der Waals surface area contributed by atoms with E-state index in [-0.39, 0.29) is 18.1 Å². The lowest BCUT2D eigenvalue weighted by atomic mass is 10.1. The van der Waals surface area contributed by atoms with E-state index in [1.807, 2.05) is 16.7 Å². The summed E-state index contributed by atoms with van der Waals surface area (Å²) in [5.74, 6) is 1.41. The number of unbranched alkanes of at least 4 members (excludes halogenated alkanes) is 2. The third-order valence-corrected chi connectivity index (χ3v) is 5.68. The second kappa shape index (κ2) is 7.80. The van der Waals surface area contributed by atoms with Gasteiger partial charge >= 0.3 is 0 Å². The van der Waals surface area contributed by atoms with Gasteiger partial charge in [-0.05, 0) is 40.0 Å². The lowest BCUT2D eigenvalue weighted by Gasteiger charge is -2.18. The minimum Gasteiger partial charge on any atom is -0.482 e. The third-order valence-electron chi connectivity index (χ3n) is 5.31. The zero-order valence-corrected chi connectivity index (χ0v) is 18.4. The van der Waals surface area contributed by atoms with Gasteiger partial charge in [0.25, 0.3) is 11.5 Å². The number of imidazole rings is 1. The summed E-state index contributed by atoms with van der Waals surface area (Å²) in [5, 5.41) is 11.4. The second-order valence-corrected chi connectivity index (χ2v) is 8.24. The van der Waals surface area contributed by atoms with Gasteiger partial charge in [-0.1, -0.05) is 25.8 Å². The van der Waals surface area contributed by atoms with Crippen LogP contribution in [0.25, 0.3) is 16.9 Å². The van der Waals surface area contributed by atoms with Crippen molar-refractivity contribution in [1.82, 2.24) is 29.1 Å². The Balaban J connectivity index is 1.60. The van der Waals surface area contributed by atoms with E-state index >= 15 is 0 Å². The molecular formula is C20H20BrN7O3. The molecule has 31 heavy (non-hydrogen) atoms. The predicted molar refractivity (Wildman–Crippen MR) is 117 cm³/mol. The number of carbonyl (C=O) groups excluding carboxylic acids is 1. The topological polar surface area (TPSA) is 119 Å². The first-order valence-corrected chi connectivity index (χ1v) is 10.9. The van der Waals surface area contributed by atoms with Gasteiger partial charge in [0, 0.05) is 13.0 Å². The number of benzene rings is 1. The predicted octanol–water partition coefficient (Wildman–Crippen LogP) is 2.64. The molecule has 0 radical (unpaired) electrons. The molecule has 160 valence electrons. The molecule has 1 amide bonds. The van der Waals surface area contributed by atoms with Crippen LogP contribution < -0.4 is 15.6 Å². The number of hydrogen-bond acceptors (Lipinski definition) is 6. The van der Waals surface area contributed by atoms with Gasteiger partial charge in [-0.15, -0.1) is 10.2 Å². The zero-order valence-electron chi connectivity index (χ0n) is 16.8. The summed E-state index contributed by atoms with van der Waals surface area (Å²) >= 11 is 3.34. The largest absolute Gasteiger partial charge is 0.482 e. The number of nitrogens with one attached hydrogen (secondary N) is 2. The number of aromatic nitrogens is 6. The summed E-state index contributed by atoms with van der Waals surface area (Å²) in [5.41, 5.74) is 2.21. The van der Waals surface area contributed by atoms with Crippen molar-refractivity contribution in [3.63, 3.8) is 0 Å². The lowest BCUT2D eigenvalue weighted by Crippen LogP contribution is -2.25. The molecule has 0 saturated carbocycles. The van der Waals surface area contributed by atoms with E-state index in [0.717, 1.165) is 24.8 Å². The van der Waals surface area contributed by atoms with E-state index in [2.05, 4.69) is 48.3 Å². The molecule has 0 atom stereocenters. The minimum atomic E-state index is -0.246. The van der Waals surface area contributed by atoms with Crippen LogP contribution in [-0.4, -0.2) is 41.6 Å². The van der Waals surface area contributed by atoms with E-state index in [9.17, 15) is 9.59 Å². The fraction of sp³-hybridized carbons (Fsp3) is 0.350. The normalized spacial score (nSPS) is 13.4. The van der Waals surface area contributed by atoms with Crippen LogP contribution in [0.4, 0.5) is 5.69 Å². The van der Waals surface area contributed by atoms with Gasteiger partial charge in [-0.2, -0.15) is 0 Å². The fourth-order valence-corrected chi connectivity index (χ4v) is 4.21. The first-order chi connectivity index (χ1) is 15.0. The summed E-state index contributed by atoms with van der Waals surface area (Å²) in [7, 11) is 0. The van der Waals surface area contributed by atoms with Crippen LogP contribution in [0.5, 0.6) is 5.75 Å². The Morgan fingerprint density at radius 2 is 2.10 bits per heavy atom. The van der Waals surface area contributed by atoms with Gasteiger partial charge in [0.05, 0.1) is 5.69 Å². The molecular weight excluding hydrogens is 466 g/mol. The van der Waals surface area contributed by atoms with Crippen LogP contribution in [-0.2, 0) is 17.8 Å². The van der Waals surface area contributed by atoms with Crippen molar-refractivity contribution < 1.29 is 9.53 Å². The van der Waals surface area contributed by atoms with Crippen LogP contribution in [0.2, 0.25) is 0 Å². The molecule has 0 aliphatic carbocycles. The molecule has 5 rings (SSSR count). The van der Waals surface area contributed by atoms with E-state index in [4.69, 9.17) is 4.74 Å². The Bertz CT molecular complexity index is 1370. The van der Waals surface area contributed by atoms with E-state index in [0.29, 0.717) is 51.9 Å². The highest BCUT2D eigenvalue weighted by Gasteiger charge is 2.21. The molecule has 4 heterocycles. The van der Waals surface area contributed by atoms with Gasteiger partial charge in [0.2, 0.25) is 5.78 Å². The highest BCUT2D eigenvalue weighted by atomic mass is 79.9. The van der Waals surface area contributed by atoms with Gasteiger partial charge in [-0.3, -0.25) is 14.2 Å². The van der Waals surface area contributed by atoms with Gasteiger partial charge in [-0.25, -0.2) is 9.38 Å². The van der Waals surface area contributed by atoms with Crippen LogP contribution in [0.3, 0.4) is 0 Å². The number of amides is 1. The molecule has 4 aromatic rings. The molecule has 0 bridgehead atoms. The first kappa shape index (κ1) is 19.7. The molecule has 0 spiro atoms. The van der Waals surface area contributed by atoms with Crippen LogP contribution in [0, 0.1) is 0 Å². The molecule has 11 heteroatoms. The summed E-state index contributed by atoms with van der Waals surface area (Å²) in [6.45, 7) is 2.84. The Hall–Kier alpha value is -3.21. The molecule has 10 nitrogen and oxygen atoms in total. The molecule has 0 saturated heterocycles. The smallest absolute Gasteiger partial charge is 0.286 e. The van der Waals surface area contributed by atoms with Crippen molar-refractivity contribution in [2.75, 3.05) is 11.9 Å². The quantitative estimate of drug-likeness (QED) is 0.320. The summed E-state index contributed by atoms with van der Waals surface area (Å²) < 4.78 is 9.38. The van der Waals surface area contributed by atoms with Gasteiger partial charge < -0.3 is 15.0 Å². The SMILES string of the molecule is CCCCCn1c2nc(Br)[nH]c2c(=O)n2c(Cc3ccc4c(c3)NC(=O)CO4)nnc12. The number of fused-ring (bicyclic) bond motifs is 3. The van der Waals surface area contributed by atoms with Gasteiger partial charge in [0.1, 0.15) is 11.6 Å². The van der Waals surface area contributed by atoms with Crippen molar-refractivity contribution in [1.29, 1.82) is 0 Å². The zero-order chi connectivity index (χ0) is 21.5. The molecule has 0 unspecified atom stereocenters. The third kappa shape index (κ3) is 3.48. The van der Waals surface area contributed by atoms with Gasteiger partial charge in [0.15, 0.2) is 22.5 Å². The molecule has 0 fully saturated rings. The van der Waals surface area contributed by atoms with Crippen molar-refractivity contribution >= 4 is 44.5 Å². The van der Waals surface area contributed by atoms with Crippen LogP contribution in [0.15, 0.2) is 27.7 Å². The number of ether oxygens (including phenoxy) is 1. The number of aryl methyl sites for hydroxylation is 1. The fourth-order valence-electron chi connectivity index (χ4n) is 3.84. The average molecular weight is 486 g/mol. The monoisotopic (exact) mass is 485 g/mol. The Kier molecular flexibility index (Phi) is 4.97. The minimum absolute atomic E-state index is 0.00841. The maximum Gasteiger partial charge on any atom is 0.286 e. The standard InChI is InChI=1S/C20H20BrN7O3/c1-2-3-4-7-27-17-16(23-19(21)24-17)18(30)28-14(25-26-20(27)28)9-11-5-6-13-12(8-11)22-15(29)10-31-13/h5-6,8H,2-4,7,9-10H2,1H3,(H,22,29)(H,23,24).